The Labute approximate surface area is 158 Å². The molecule has 0 saturated heterocycles. The molecule has 8 heteroatoms. The number of carbonyl (C=O) groups excluding carboxylic acids is 1. The number of fused-ring (bicyclic) bond motifs is 1. The molecule has 2 aromatic carbocycles. The lowest BCUT2D eigenvalue weighted by Gasteiger charge is -2.05. The largest absolute Gasteiger partial charge is 0.497 e. The second-order valence-corrected chi connectivity index (χ2v) is 6.79. The zero-order valence-corrected chi connectivity index (χ0v) is 15.7. The van der Waals surface area contributed by atoms with E-state index in [1.54, 1.807) is 14.2 Å². The Morgan fingerprint density at radius 2 is 2.12 bits per heavy atom. The normalized spacial score (nSPS) is 11.9. The number of benzene rings is 2. The summed E-state index contributed by atoms with van der Waals surface area (Å²) in [5.41, 5.74) is 0.654. The van der Waals surface area contributed by atoms with E-state index in [9.17, 15) is 9.18 Å². The number of aromatic nitrogens is 1. The van der Waals surface area contributed by atoms with Crippen LogP contribution in [0.3, 0.4) is 0 Å². The van der Waals surface area contributed by atoms with Gasteiger partial charge < -0.3 is 14.0 Å². The highest BCUT2D eigenvalue weighted by molar-refractivity contribution is 7.16. The van der Waals surface area contributed by atoms with Gasteiger partial charge >= 0.3 is 0 Å². The Bertz CT molecular complexity index is 1010. The predicted octanol–water partition coefficient (Wildman–Crippen LogP) is 3.89. The molecule has 1 aromatic heterocycles. The Kier molecular flexibility index (Phi) is 5.70. The van der Waals surface area contributed by atoms with Crippen molar-refractivity contribution in [2.45, 2.75) is 6.54 Å². The molecule has 0 aliphatic rings. The third-order valence-corrected chi connectivity index (χ3v) is 5.14. The number of ether oxygens (including phenoxy) is 2. The van der Waals surface area contributed by atoms with Gasteiger partial charge in [0, 0.05) is 13.7 Å². The van der Waals surface area contributed by atoms with E-state index >= 15 is 0 Å². The fourth-order valence-electron chi connectivity index (χ4n) is 2.51. The molecule has 136 valence electrons. The van der Waals surface area contributed by atoms with Crippen LogP contribution in [0.1, 0.15) is 10.4 Å². The molecule has 3 aromatic rings. The molecule has 3 rings (SSSR count). The van der Waals surface area contributed by atoms with E-state index in [4.69, 9.17) is 21.1 Å². The maximum Gasteiger partial charge on any atom is 0.284 e. The van der Waals surface area contributed by atoms with Gasteiger partial charge in [0.05, 0.1) is 34.5 Å². The van der Waals surface area contributed by atoms with Crippen molar-refractivity contribution in [2.24, 2.45) is 4.99 Å². The second kappa shape index (κ2) is 7.99. The summed E-state index contributed by atoms with van der Waals surface area (Å²) in [5.74, 6) is -0.720. The van der Waals surface area contributed by atoms with Gasteiger partial charge in [0.15, 0.2) is 4.80 Å². The van der Waals surface area contributed by atoms with Crippen molar-refractivity contribution in [3.63, 3.8) is 0 Å². The van der Waals surface area contributed by atoms with Crippen LogP contribution >= 0.6 is 22.9 Å². The minimum absolute atomic E-state index is 0.0324. The van der Waals surface area contributed by atoms with E-state index in [-0.39, 0.29) is 10.6 Å². The molecule has 5 nitrogen and oxygen atoms in total. The number of halogens is 2. The molecule has 0 fully saturated rings. The molecule has 0 aliphatic heterocycles. The molecule has 0 aliphatic carbocycles. The lowest BCUT2D eigenvalue weighted by Crippen LogP contribution is -2.19. The first-order valence-electron chi connectivity index (χ1n) is 7.74. The Morgan fingerprint density at radius 3 is 2.81 bits per heavy atom. The van der Waals surface area contributed by atoms with E-state index < -0.39 is 11.7 Å². The lowest BCUT2D eigenvalue weighted by molar-refractivity contribution is 0.0993. The molecular weight excluding hydrogens is 379 g/mol. The third-order valence-electron chi connectivity index (χ3n) is 3.78. The van der Waals surface area contributed by atoms with Crippen molar-refractivity contribution < 1.29 is 18.7 Å². The van der Waals surface area contributed by atoms with Crippen molar-refractivity contribution in [3.05, 3.63) is 57.6 Å². The zero-order valence-electron chi connectivity index (χ0n) is 14.2. The number of methoxy groups -OCH3 is 2. The van der Waals surface area contributed by atoms with E-state index in [2.05, 4.69) is 4.99 Å². The van der Waals surface area contributed by atoms with E-state index in [1.807, 2.05) is 22.8 Å². The summed E-state index contributed by atoms with van der Waals surface area (Å²) in [6.45, 7) is 0.944. The fourth-order valence-corrected chi connectivity index (χ4v) is 3.84. The highest BCUT2D eigenvalue weighted by atomic mass is 35.5. The maximum atomic E-state index is 14.0. The van der Waals surface area contributed by atoms with Gasteiger partial charge in [-0.05, 0) is 30.3 Å². The quantitative estimate of drug-likeness (QED) is 0.659. The van der Waals surface area contributed by atoms with Crippen LogP contribution in [-0.2, 0) is 11.3 Å². The Balaban J connectivity index is 2.15. The topological polar surface area (TPSA) is 52.8 Å². The number of amides is 1. The second-order valence-electron chi connectivity index (χ2n) is 5.38. The number of nitrogens with zero attached hydrogens (tertiary/aromatic N) is 2. The number of hydrogen-bond acceptors (Lipinski definition) is 4. The van der Waals surface area contributed by atoms with Gasteiger partial charge in [-0.25, -0.2) is 4.39 Å². The Morgan fingerprint density at radius 1 is 1.31 bits per heavy atom. The molecule has 0 radical (unpaired) electrons. The van der Waals surface area contributed by atoms with Crippen LogP contribution in [0.2, 0.25) is 5.02 Å². The van der Waals surface area contributed by atoms with Crippen LogP contribution in [0.15, 0.2) is 41.4 Å². The Hall–Kier alpha value is -2.22. The van der Waals surface area contributed by atoms with E-state index in [0.29, 0.717) is 23.7 Å². The first-order valence-corrected chi connectivity index (χ1v) is 8.94. The summed E-state index contributed by atoms with van der Waals surface area (Å²) >= 11 is 7.28. The van der Waals surface area contributed by atoms with Crippen LogP contribution in [0.25, 0.3) is 10.2 Å². The van der Waals surface area contributed by atoms with Gasteiger partial charge in [0.2, 0.25) is 0 Å². The van der Waals surface area contributed by atoms with Gasteiger partial charge in [-0.1, -0.05) is 29.0 Å². The molecule has 1 amide bonds. The number of thiazole rings is 1. The van der Waals surface area contributed by atoms with Crippen molar-refractivity contribution in [1.82, 2.24) is 4.57 Å². The molecule has 0 unspecified atom stereocenters. The summed E-state index contributed by atoms with van der Waals surface area (Å²) in [6, 6.07) is 9.67. The molecule has 0 spiro atoms. The van der Waals surface area contributed by atoms with Gasteiger partial charge in [-0.3, -0.25) is 4.79 Å². The van der Waals surface area contributed by atoms with Crippen LogP contribution < -0.4 is 9.54 Å². The average molecular weight is 395 g/mol. The van der Waals surface area contributed by atoms with Crippen LogP contribution in [-0.4, -0.2) is 31.3 Å². The van der Waals surface area contributed by atoms with Crippen LogP contribution in [0, 0.1) is 5.82 Å². The lowest BCUT2D eigenvalue weighted by atomic mass is 10.2. The van der Waals surface area contributed by atoms with Crippen molar-refractivity contribution in [1.29, 1.82) is 0 Å². The molecule has 1 heterocycles. The van der Waals surface area contributed by atoms with Crippen molar-refractivity contribution >= 4 is 39.1 Å². The number of rotatable bonds is 5. The minimum atomic E-state index is -0.724. The molecule has 0 bridgehead atoms. The SMILES string of the molecule is COCCn1c(=NC(=O)c2c(F)cccc2Cl)sc2cc(OC)ccc21. The van der Waals surface area contributed by atoms with Crippen molar-refractivity contribution in [2.75, 3.05) is 20.8 Å². The first kappa shape index (κ1) is 18.6. The summed E-state index contributed by atoms with van der Waals surface area (Å²) in [7, 11) is 3.18. The summed E-state index contributed by atoms with van der Waals surface area (Å²) < 4.78 is 27.1. The third kappa shape index (κ3) is 3.65. The maximum absolute atomic E-state index is 14.0. The monoisotopic (exact) mass is 394 g/mol. The molecular formula is C18H16ClFN2O3S. The summed E-state index contributed by atoms with van der Waals surface area (Å²) in [6.07, 6.45) is 0. The average Bonchev–Trinajstić information content (AvgIpc) is 2.95. The highest BCUT2D eigenvalue weighted by Gasteiger charge is 2.16. The van der Waals surface area contributed by atoms with Gasteiger partial charge in [-0.2, -0.15) is 4.99 Å². The zero-order chi connectivity index (χ0) is 18.7. The van der Waals surface area contributed by atoms with Crippen LogP contribution in [0.4, 0.5) is 4.39 Å². The first-order chi connectivity index (χ1) is 12.5. The highest BCUT2D eigenvalue weighted by Crippen LogP contribution is 2.24. The van der Waals surface area contributed by atoms with E-state index in [1.165, 1.54) is 29.5 Å². The number of carbonyl (C=O) groups is 1. The number of hydrogen-bond donors (Lipinski definition) is 0. The van der Waals surface area contributed by atoms with Crippen LogP contribution in [0.5, 0.6) is 5.75 Å². The molecule has 0 N–H and O–H groups in total. The minimum Gasteiger partial charge on any atom is -0.497 e. The standard InChI is InChI=1S/C18H16ClFN2O3S/c1-24-9-8-22-14-7-6-11(25-2)10-15(14)26-18(22)21-17(23)16-12(19)4-3-5-13(16)20/h3-7,10H,8-9H2,1-2H3. The summed E-state index contributed by atoms with van der Waals surface area (Å²) in [5, 5.41) is 0.0324. The molecule has 0 atom stereocenters. The van der Waals surface area contributed by atoms with Gasteiger partial charge in [-0.15, -0.1) is 0 Å². The predicted molar refractivity (Wildman–Crippen MR) is 99.5 cm³/mol. The molecule has 26 heavy (non-hydrogen) atoms. The fraction of sp³-hybridized carbons (Fsp3) is 0.222. The van der Waals surface area contributed by atoms with Gasteiger partial charge in [0.1, 0.15) is 11.6 Å². The molecule has 0 saturated carbocycles. The smallest absolute Gasteiger partial charge is 0.284 e. The summed E-state index contributed by atoms with van der Waals surface area (Å²) in [4.78, 5) is 17.1. The van der Waals surface area contributed by atoms with Gasteiger partial charge in [0.25, 0.3) is 5.91 Å². The van der Waals surface area contributed by atoms with E-state index in [0.717, 1.165) is 10.2 Å². The van der Waals surface area contributed by atoms with Crippen molar-refractivity contribution in [3.8, 4) is 5.75 Å².